The summed E-state index contributed by atoms with van der Waals surface area (Å²) in [7, 11) is 0. The molecule has 0 fully saturated rings. The van der Waals surface area contributed by atoms with Crippen molar-refractivity contribution >= 4 is 60.8 Å². The zero-order chi connectivity index (χ0) is 18.7. The predicted octanol–water partition coefficient (Wildman–Crippen LogP) is 3.93. The molecule has 136 valence electrons. The summed E-state index contributed by atoms with van der Waals surface area (Å²) in [4.78, 5) is 32.4. The van der Waals surface area contributed by atoms with Gasteiger partial charge in [-0.2, -0.15) is 0 Å². The van der Waals surface area contributed by atoms with Crippen LogP contribution in [0.5, 0.6) is 0 Å². The van der Waals surface area contributed by atoms with Crippen LogP contribution >= 0.6 is 34.3 Å². The number of carbonyl (C=O) groups is 2. The van der Waals surface area contributed by atoms with E-state index in [1.54, 1.807) is 41.7 Å². The van der Waals surface area contributed by atoms with Gasteiger partial charge in [-0.1, -0.05) is 35.1 Å². The molecular formula is C17H17ClN4O2S2. The van der Waals surface area contributed by atoms with E-state index in [0.717, 1.165) is 27.8 Å². The van der Waals surface area contributed by atoms with Crippen LogP contribution in [0.1, 0.15) is 33.9 Å². The van der Waals surface area contributed by atoms with Crippen molar-refractivity contribution in [1.82, 2.24) is 15.8 Å². The van der Waals surface area contributed by atoms with Crippen LogP contribution in [0.3, 0.4) is 0 Å². The van der Waals surface area contributed by atoms with Crippen LogP contribution in [0.25, 0.3) is 9.53 Å². The van der Waals surface area contributed by atoms with Crippen molar-refractivity contribution in [2.75, 3.05) is 18.0 Å². The van der Waals surface area contributed by atoms with Gasteiger partial charge < -0.3 is 4.90 Å². The molecule has 9 heteroatoms. The van der Waals surface area contributed by atoms with Gasteiger partial charge in [-0.05, 0) is 32.0 Å². The second-order valence-corrected chi connectivity index (χ2v) is 7.78. The Kier molecular flexibility index (Phi) is 5.75. The van der Waals surface area contributed by atoms with Crippen LogP contribution in [-0.2, 0) is 0 Å². The molecule has 0 unspecified atom stereocenters. The molecule has 0 saturated heterocycles. The first kappa shape index (κ1) is 18.6. The first-order valence-electron chi connectivity index (χ1n) is 8.04. The first-order chi connectivity index (χ1) is 12.5. The van der Waals surface area contributed by atoms with Gasteiger partial charge in [0.1, 0.15) is 4.83 Å². The van der Waals surface area contributed by atoms with Crippen LogP contribution in [-0.4, -0.2) is 29.9 Å². The van der Waals surface area contributed by atoms with Crippen LogP contribution in [0.4, 0.5) is 5.13 Å². The Morgan fingerprint density at radius 2 is 1.81 bits per heavy atom. The van der Waals surface area contributed by atoms with Crippen molar-refractivity contribution in [2.24, 2.45) is 0 Å². The lowest BCUT2D eigenvalue weighted by Gasteiger charge is -2.16. The Hall–Kier alpha value is -2.16. The minimum Gasteiger partial charge on any atom is -0.349 e. The summed E-state index contributed by atoms with van der Waals surface area (Å²) in [5.41, 5.74) is 5.09. The fourth-order valence-electron chi connectivity index (χ4n) is 2.35. The van der Waals surface area contributed by atoms with Crippen molar-refractivity contribution in [2.45, 2.75) is 13.8 Å². The maximum Gasteiger partial charge on any atom is 0.279 e. The molecule has 0 aliphatic heterocycles. The molecule has 0 aliphatic rings. The lowest BCUT2D eigenvalue weighted by molar-refractivity contribution is 0.0849. The lowest BCUT2D eigenvalue weighted by atomic mass is 10.2. The van der Waals surface area contributed by atoms with Gasteiger partial charge in [-0.15, -0.1) is 11.3 Å². The van der Waals surface area contributed by atoms with Crippen molar-refractivity contribution < 1.29 is 9.59 Å². The second-order valence-electron chi connectivity index (χ2n) is 5.34. The normalized spacial score (nSPS) is 10.7. The number of hydrazine groups is 1. The number of rotatable bonds is 5. The number of fused-ring (bicyclic) bond motifs is 1. The number of halogens is 1. The van der Waals surface area contributed by atoms with Crippen molar-refractivity contribution in [3.05, 3.63) is 45.8 Å². The van der Waals surface area contributed by atoms with Gasteiger partial charge in [0.15, 0.2) is 5.13 Å². The molecule has 2 heterocycles. The number of amides is 2. The van der Waals surface area contributed by atoms with E-state index in [-0.39, 0.29) is 5.91 Å². The number of aromatic nitrogens is 1. The Morgan fingerprint density at radius 3 is 2.46 bits per heavy atom. The summed E-state index contributed by atoms with van der Waals surface area (Å²) in [5, 5.41) is 1.28. The summed E-state index contributed by atoms with van der Waals surface area (Å²) in [6, 6.07) is 8.43. The number of anilines is 1. The third-order valence-corrected chi connectivity index (χ3v) is 6.29. The number of benzene rings is 1. The third-order valence-electron chi connectivity index (χ3n) is 3.74. The maximum absolute atomic E-state index is 12.3. The van der Waals surface area contributed by atoms with E-state index < -0.39 is 5.91 Å². The molecule has 1 aromatic carbocycles. The highest BCUT2D eigenvalue weighted by atomic mass is 35.5. The fourth-order valence-corrected chi connectivity index (χ4v) is 4.81. The first-order valence-corrected chi connectivity index (χ1v) is 10.0. The molecule has 3 aromatic rings. The fraction of sp³-hybridized carbons (Fsp3) is 0.235. The predicted molar refractivity (Wildman–Crippen MR) is 107 cm³/mol. The SMILES string of the molecule is CCN(CC)c1nc2sc(C(=O)NNC(=O)c3ccccc3Cl)cc2s1. The molecule has 0 bridgehead atoms. The minimum absolute atomic E-state index is 0.298. The van der Waals surface area contributed by atoms with Gasteiger partial charge in [-0.3, -0.25) is 20.4 Å². The largest absolute Gasteiger partial charge is 0.349 e. The molecule has 0 aliphatic carbocycles. The third kappa shape index (κ3) is 3.82. The molecule has 2 amide bonds. The second kappa shape index (κ2) is 8.03. The van der Waals surface area contributed by atoms with Gasteiger partial charge >= 0.3 is 0 Å². The smallest absolute Gasteiger partial charge is 0.279 e. The average molecular weight is 409 g/mol. The highest BCUT2D eigenvalue weighted by Crippen LogP contribution is 2.34. The summed E-state index contributed by atoms with van der Waals surface area (Å²) in [6.07, 6.45) is 0. The highest BCUT2D eigenvalue weighted by molar-refractivity contribution is 7.29. The lowest BCUT2D eigenvalue weighted by Crippen LogP contribution is -2.41. The molecule has 6 nitrogen and oxygen atoms in total. The van der Waals surface area contributed by atoms with Gasteiger partial charge in [0, 0.05) is 13.1 Å². The Morgan fingerprint density at radius 1 is 1.12 bits per heavy atom. The van der Waals surface area contributed by atoms with E-state index >= 15 is 0 Å². The molecular weight excluding hydrogens is 392 g/mol. The molecule has 0 atom stereocenters. The van der Waals surface area contributed by atoms with Crippen LogP contribution in [0.15, 0.2) is 30.3 Å². The van der Waals surface area contributed by atoms with Crippen LogP contribution < -0.4 is 15.8 Å². The Labute approximate surface area is 163 Å². The number of nitrogens with one attached hydrogen (secondary N) is 2. The molecule has 0 saturated carbocycles. The standard InChI is InChI=1S/C17H17ClN4O2S2/c1-3-22(4-2)17-19-16-13(26-17)9-12(25-16)15(24)21-20-14(23)10-7-5-6-8-11(10)18/h5-9H,3-4H2,1-2H3,(H,20,23)(H,21,24). The molecule has 2 N–H and O–H groups in total. The topological polar surface area (TPSA) is 74.3 Å². The minimum atomic E-state index is -0.468. The number of thiazole rings is 1. The number of nitrogens with zero attached hydrogens (tertiary/aromatic N) is 2. The number of hydrogen-bond acceptors (Lipinski definition) is 6. The summed E-state index contributed by atoms with van der Waals surface area (Å²) >= 11 is 8.83. The Balaban J connectivity index is 1.67. The van der Waals surface area contributed by atoms with Gasteiger partial charge in [-0.25, -0.2) is 4.98 Å². The summed E-state index contributed by atoms with van der Waals surface area (Å²) in [5.74, 6) is -0.853. The summed E-state index contributed by atoms with van der Waals surface area (Å²) in [6.45, 7) is 5.94. The van der Waals surface area contributed by atoms with Crippen molar-refractivity contribution in [3.63, 3.8) is 0 Å². The van der Waals surface area contributed by atoms with E-state index in [1.807, 2.05) is 0 Å². The van der Waals surface area contributed by atoms with Gasteiger partial charge in [0.2, 0.25) is 0 Å². The van der Waals surface area contributed by atoms with Crippen LogP contribution in [0.2, 0.25) is 5.02 Å². The van der Waals surface area contributed by atoms with Gasteiger partial charge in [0.25, 0.3) is 11.8 Å². The van der Waals surface area contributed by atoms with E-state index in [4.69, 9.17) is 11.6 Å². The molecule has 3 rings (SSSR count). The van der Waals surface area contributed by atoms with E-state index in [1.165, 1.54) is 11.3 Å². The zero-order valence-corrected chi connectivity index (χ0v) is 16.6. The molecule has 0 spiro atoms. The zero-order valence-electron chi connectivity index (χ0n) is 14.2. The summed E-state index contributed by atoms with van der Waals surface area (Å²) < 4.78 is 0.958. The van der Waals surface area contributed by atoms with Crippen molar-refractivity contribution in [1.29, 1.82) is 0 Å². The van der Waals surface area contributed by atoms with E-state index in [9.17, 15) is 9.59 Å². The molecule has 26 heavy (non-hydrogen) atoms. The maximum atomic E-state index is 12.3. The molecule has 2 aromatic heterocycles. The number of carbonyl (C=O) groups excluding carboxylic acids is 2. The monoisotopic (exact) mass is 408 g/mol. The van der Waals surface area contributed by atoms with Crippen molar-refractivity contribution in [3.8, 4) is 0 Å². The Bertz CT molecular complexity index is 918. The average Bonchev–Trinajstić information content (AvgIpc) is 3.20. The van der Waals surface area contributed by atoms with Crippen LogP contribution in [0, 0.1) is 0 Å². The van der Waals surface area contributed by atoms with Gasteiger partial charge in [0.05, 0.1) is 20.2 Å². The highest BCUT2D eigenvalue weighted by Gasteiger charge is 2.17. The van der Waals surface area contributed by atoms with E-state index in [0.29, 0.717) is 15.5 Å². The quantitative estimate of drug-likeness (QED) is 0.627. The molecule has 0 radical (unpaired) electrons. The number of thiophene rings is 1. The van der Waals surface area contributed by atoms with E-state index in [2.05, 4.69) is 34.6 Å². The number of hydrogen-bond donors (Lipinski definition) is 2.